The van der Waals surface area contributed by atoms with Crippen LogP contribution in [0.5, 0.6) is 17.2 Å². The number of methoxy groups -OCH3 is 1. The highest BCUT2D eigenvalue weighted by atomic mass is 16.7. The first-order chi connectivity index (χ1) is 17.0. The van der Waals surface area contributed by atoms with Crippen LogP contribution in [0.15, 0.2) is 48.5 Å². The predicted molar refractivity (Wildman–Crippen MR) is 135 cm³/mol. The normalized spacial score (nSPS) is 16.9. The number of hydrogen-bond donors (Lipinski definition) is 0. The third-order valence-corrected chi connectivity index (χ3v) is 7.31. The van der Waals surface area contributed by atoms with Crippen molar-refractivity contribution >= 4 is 0 Å². The molecule has 5 heteroatoms. The molecule has 3 aromatic rings. The van der Waals surface area contributed by atoms with Gasteiger partial charge in [-0.15, -0.1) is 0 Å². The number of nitrogens with zero attached hydrogens (tertiary/aromatic N) is 1. The van der Waals surface area contributed by atoms with Gasteiger partial charge in [0.05, 0.1) is 6.07 Å². The van der Waals surface area contributed by atoms with E-state index in [1.165, 1.54) is 16.7 Å². The zero-order chi connectivity index (χ0) is 24.6. The topological polar surface area (TPSA) is 60.7 Å². The molecule has 5 nitrogen and oxygen atoms in total. The van der Waals surface area contributed by atoms with Crippen molar-refractivity contribution in [1.29, 1.82) is 5.26 Å². The predicted octanol–water partition coefficient (Wildman–Crippen LogP) is 6.76. The zero-order valence-electron chi connectivity index (χ0n) is 20.8. The van der Waals surface area contributed by atoms with Crippen LogP contribution in [0.1, 0.15) is 53.0 Å². The summed E-state index contributed by atoms with van der Waals surface area (Å²) in [5.74, 6) is 2.64. The number of hydrogen-bond acceptors (Lipinski definition) is 5. The molecule has 1 spiro atoms. The summed E-state index contributed by atoms with van der Waals surface area (Å²) in [5, 5.41) is 9.25. The molecule has 1 fully saturated rings. The Kier molecular flexibility index (Phi) is 6.17. The number of aryl methyl sites for hydroxylation is 2. The molecule has 1 aliphatic heterocycles. The first-order valence-corrected chi connectivity index (χ1v) is 12.1. The molecule has 180 valence electrons. The van der Waals surface area contributed by atoms with E-state index in [-0.39, 0.29) is 18.3 Å². The van der Waals surface area contributed by atoms with Gasteiger partial charge in [-0.2, -0.15) is 5.26 Å². The highest BCUT2D eigenvalue weighted by Gasteiger charge is 2.57. The Hall–Kier alpha value is -3.49. The summed E-state index contributed by atoms with van der Waals surface area (Å²) in [6, 6.07) is 18.9. The fraction of sp³-hybridized carbons (Fsp3) is 0.367. The van der Waals surface area contributed by atoms with Crippen molar-refractivity contribution in [3.8, 4) is 34.4 Å². The first-order valence-electron chi connectivity index (χ1n) is 12.1. The zero-order valence-corrected chi connectivity index (χ0v) is 20.8. The molecule has 1 saturated carbocycles. The molecule has 1 unspecified atom stereocenters. The van der Waals surface area contributed by atoms with Crippen molar-refractivity contribution < 1.29 is 18.9 Å². The molecule has 0 aromatic heterocycles. The van der Waals surface area contributed by atoms with Crippen molar-refractivity contribution in [2.45, 2.75) is 58.2 Å². The molecule has 0 radical (unpaired) electrons. The van der Waals surface area contributed by atoms with Crippen molar-refractivity contribution in [1.82, 2.24) is 0 Å². The lowest BCUT2D eigenvalue weighted by molar-refractivity contribution is 0.0511. The Morgan fingerprint density at radius 3 is 2.46 bits per heavy atom. The number of fused-ring (bicyclic) bond motifs is 1. The molecule has 35 heavy (non-hydrogen) atoms. The van der Waals surface area contributed by atoms with Crippen LogP contribution < -0.4 is 14.2 Å². The minimum absolute atomic E-state index is 0.151. The number of rotatable bonds is 8. The van der Waals surface area contributed by atoms with E-state index in [0.717, 1.165) is 52.3 Å². The maximum absolute atomic E-state index is 9.25. The molecule has 0 amide bonds. The lowest BCUT2D eigenvalue weighted by atomic mass is 9.90. The van der Waals surface area contributed by atoms with Gasteiger partial charge < -0.3 is 18.9 Å². The maximum atomic E-state index is 9.25. The van der Waals surface area contributed by atoms with Crippen LogP contribution in [0.3, 0.4) is 0 Å². The van der Waals surface area contributed by atoms with Gasteiger partial charge in [0.2, 0.25) is 0 Å². The highest BCUT2D eigenvalue weighted by Crippen LogP contribution is 2.59. The SMILES string of the molecule is COCOc1cc(C)c(-c2cccc(COc3ccc4c(c3)OC3(CC3)C4CC#N)c2C)c(C)c1. The lowest BCUT2D eigenvalue weighted by Gasteiger charge is -2.18. The Morgan fingerprint density at radius 1 is 1.00 bits per heavy atom. The van der Waals surface area contributed by atoms with E-state index in [1.54, 1.807) is 7.11 Å². The Bertz CT molecular complexity index is 1280. The van der Waals surface area contributed by atoms with Gasteiger partial charge in [-0.05, 0) is 85.2 Å². The molecule has 1 heterocycles. The van der Waals surface area contributed by atoms with E-state index in [1.807, 2.05) is 12.1 Å². The molecule has 3 aromatic carbocycles. The number of ether oxygens (including phenoxy) is 4. The Balaban J connectivity index is 1.35. The van der Waals surface area contributed by atoms with E-state index < -0.39 is 0 Å². The lowest BCUT2D eigenvalue weighted by Crippen LogP contribution is -2.19. The van der Waals surface area contributed by atoms with E-state index in [2.05, 4.69) is 63.2 Å². The van der Waals surface area contributed by atoms with Gasteiger partial charge in [-0.3, -0.25) is 0 Å². The summed E-state index contributed by atoms with van der Waals surface area (Å²) >= 11 is 0. The molecule has 5 rings (SSSR count). The number of nitriles is 1. The monoisotopic (exact) mass is 469 g/mol. The van der Waals surface area contributed by atoms with Gasteiger partial charge in [0.15, 0.2) is 6.79 Å². The van der Waals surface area contributed by atoms with Crippen LogP contribution >= 0.6 is 0 Å². The van der Waals surface area contributed by atoms with Gasteiger partial charge in [0.1, 0.15) is 29.5 Å². The van der Waals surface area contributed by atoms with Gasteiger partial charge in [0.25, 0.3) is 0 Å². The van der Waals surface area contributed by atoms with Gasteiger partial charge in [-0.1, -0.05) is 24.3 Å². The molecule has 0 bridgehead atoms. The fourth-order valence-electron chi connectivity index (χ4n) is 5.35. The third kappa shape index (κ3) is 4.35. The van der Waals surface area contributed by atoms with Crippen molar-refractivity contribution in [3.05, 3.63) is 76.3 Å². The second-order valence-corrected chi connectivity index (χ2v) is 9.64. The van der Waals surface area contributed by atoms with Crippen LogP contribution in [-0.4, -0.2) is 19.5 Å². The van der Waals surface area contributed by atoms with Crippen LogP contribution in [-0.2, 0) is 11.3 Å². The van der Waals surface area contributed by atoms with Gasteiger partial charge in [0, 0.05) is 31.1 Å². The fourth-order valence-corrected chi connectivity index (χ4v) is 5.35. The average molecular weight is 470 g/mol. The van der Waals surface area contributed by atoms with Gasteiger partial charge >= 0.3 is 0 Å². The maximum Gasteiger partial charge on any atom is 0.188 e. The summed E-state index contributed by atoms with van der Waals surface area (Å²) in [7, 11) is 1.62. The van der Waals surface area contributed by atoms with Crippen molar-refractivity contribution in [3.63, 3.8) is 0 Å². The quantitative estimate of drug-likeness (QED) is 0.341. The Morgan fingerprint density at radius 2 is 1.77 bits per heavy atom. The average Bonchev–Trinajstić information content (AvgIpc) is 3.54. The van der Waals surface area contributed by atoms with Crippen LogP contribution in [0.25, 0.3) is 11.1 Å². The molecule has 1 atom stereocenters. The first kappa shape index (κ1) is 23.3. The summed E-state index contributed by atoms with van der Waals surface area (Å²) < 4.78 is 23.2. The summed E-state index contributed by atoms with van der Waals surface area (Å²) in [6.45, 7) is 7.08. The summed E-state index contributed by atoms with van der Waals surface area (Å²) in [6.07, 6.45) is 2.54. The second kappa shape index (κ2) is 9.28. The van der Waals surface area contributed by atoms with E-state index in [9.17, 15) is 5.26 Å². The van der Waals surface area contributed by atoms with Crippen molar-refractivity contribution in [2.75, 3.05) is 13.9 Å². The molecule has 1 aliphatic carbocycles. The van der Waals surface area contributed by atoms with Gasteiger partial charge in [-0.25, -0.2) is 0 Å². The largest absolute Gasteiger partial charge is 0.489 e. The smallest absolute Gasteiger partial charge is 0.188 e. The van der Waals surface area contributed by atoms with Crippen LogP contribution in [0, 0.1) is 32.1 Å². The van der Waals surface area contributed by atoms with Crippen LogP contribution in [0.2, 0.25) is 0 Å². The third-order valence-electron chi connectivity index (χ3n) is 7.31. The van der Waals surface area contributed by atoms with Crippen molar-refractivity contribution in [2.24, 2.45) is 0 Å². The minimum atomic E-state index is -0.151. The molecular weight excluding hydrogens is 438 g/mol. The van der Waals surface area contributed by atoms with E-state index in [0.29, 0.717) is 13.0 Å². The summed E-state index contributed by atoms with van der Waals surface area (Å²) in [4.78, 5) is 0. The Labute approximate surface area is 207 Å². The summed E-state index contributed by atoms with van der Waals surface area (Å²) in [5.41, 5.74) is 8.07. The molecular formula is C30H31NO4. The minimum Gasteiger partial charge on any atom is -0.489 e. The standard InChI is InChI=1S/C30H31NO4/c1-19-14-24(34-18-32-4)15-20(2)29(19)25-7-5-6-22(21(25)3)17-33-23-8-9-26-27(10-13-31)30(11-12-30)35-28(26)16-23/h5-9,14-16,27H,10-12,17-18H2,1-4H3. The van der Waals surface area contributed by atoms with E-state index in [4.69, 9.17) is 18.9 Å². The molecule has 0 saturated heterocycles. The second-order valence-electron chi connectivity index (χ2n) is 9.64. The molecule has 2 aliphatic rings. The number of benzene rings is 3. The molecule has 0 N–H and O–H groups in total. The highest BCUT2D eigenvalue weighted by molar-refractivity contribution is 5.75. The van der Waals surface area contributed by atoms with Crippen LogP contribution in [0.4, 0.5) is 0 Å². The van der Waals surface area contributed by atoms with E-state index >= 15 is 0 Å².